The van der Waals surface area contributed by atoms with Gasteiger partial charge in [-0.3, -0.25) is 14.0 Å². The Morgan fingerprint density at radius 1 is 1.26 bits per heavy atom. The van der Waals surface area contributed by atoms with Gasteiger partial charge in [-0.2, -0.15) is 0 Å². The molecule has 0 bridgehead atoms. The molecule has 0 aromatic heterocycles. The van der Waals surface area contributed by atoms with E-state index in [1.165, 1.54) is 4.31 Å². The standard InChI is InChI=1S/C19H31N3O4S/c1-5-18(19(23)20-8-9-21-10-12-26-13-11-21)22(27(4,24)25)17-7-6-15(2)16(3)14-17/h6-7,14,18H,5,8-13H2,1-4H3,(H,20,23). The number of amides is 1. The van der Waals surface area contributed by atoms with Gasteiger partial charge in [0, 0.05) is 26.2 Å². The number of hydrogen-bond acceptors (Lipinski definition) is 5. The van der Waals surface area contributed by atoms with Crippen molar-refractivity contribution in [1.29, 1.82) is 0 Å². The number of morpholine rings is 1. The molecule has 0 aliphatic carbocycles. The maximum Gasteiger partial charge on any atom is 0.243 e. The van der Waals surface area contributed by atoms with Gasteiger partial charge in [-0.05, 0) is 43.5 Å². The fourth-order valence-electron chi connectivity index (χ4n) is 3.20. The highest BCUT2D eigenvalue weighted by Crippen LogP contribution is 2.25. The lowest BCUT2D eigenvalue weighted by molar-refractivity contribution is -0.122. The normalized spacial score (nSPS) is 16.7. The van der Waals surface area contributed by atoms with Gasteiger partial charge in [0.1, 0.15) is 6.04 Å². The monoisotopic (exact) mass is 397 g/mol. The van der Waals surface area contributed by atoms with Crippen molar-refractivity contribution in [3.05, 3.63) is 29.3 Å². The molecule has 27 heavy (non-hydrogen) atoms. The third-order valence-electron chi connectivity index (χ3n) is 4.91. The second-order valence-corrected chi connectivity index (χ2v) is 8.86. The minimum atomic E-state index is -3.60. The molecular formula is C19H31N3O4S. The lowest BCUT2D eigenvalue weighted by Crippen LogP contribution is -2.51. The fourth-order valence-corrected chi connectivity index (χ4v) is 4.41. The van der Waals surface area contributed by atoms with E-state index in [1.807, 2.05) is 32.9 Å². The second kappa shape index (κ2) is 9.52. The summed E-state index contributed by atoms with van der Waals surface area (Å²) >= 11 is 0. The predicted octanol–water partition coefficient (Wildman–Crippen LogP) is 1.30. The van der Waals surface area contributed by atoms with Crippen LogP contribution < -0.4 is 9.62 Å². The number of sulfonamides is 1. The first-order valence-electron chi connectivity index (χ1n) is 9.38. The van der Waals surface area contributed by atoms with Crippen molar-refractivity contribution in [2.75, 3.05) is 50.0 Å². The highest BCUT2D eigenvalue weighted by atomic mass is 32.2. The van der Waals surface area contributed by atoms with Gasteiger partial charge in [-0.25, -0.2) is 8.42 Å². The molecular weight excluding hydrogens is 366 g/mol. The van der Waals surface area contributed by atoms with Crippen molar-refractivity contribution in [2.24, 2.45) is 0 Å². The molecule has 0 radical (unpaired) electrons. The molecule has 1 unspecified atom stereocenters. The summed E-state index contributed by atoms with van der Waals surface area (Å²) in [6, 6.07) is 4.69. The first-order chi connectivity index (χ1) is 12.7. The van der Waals surface area contributed by atoms with Crippen molar-refractivity contribution in [1.82, 2.24) is 10.2 Å². The smallest absolute Gasteiger partial charge is 0.243 e. The number of nitrogens with one attached hydrogen (secondary N) is 1. The SMILES string of the molecule is CCC(C(=O)NCCN1CCOCC1)N(c1ccc(C)c(C)c1)S(C)(=O)=O. The summed E-state index contributed by atoms with van der Waals surface area (Å²) < 4.78 is 31.5. The summed E-state index contributed by atoms with van der Waals surface area (Å²) in [5.41, 5.74) is 2.59. The van der Waals surface area contributed by atoms with Gasteiger partial charge in [0.05, 0.1) is 25.2 Å². The van der Waals surface area contributed by atoms with Crippen LogP contribution in [0.15, 0.2) is 18.2 Å². The van der Waals surface area contributed by atoms with Crippen LogP contribution in [0.2, 0.25) is 0 Å². The molecule has 1 aliphatic rings. The third-order valence-corrected chi connectivity index (χ3v) is 6.09. The van der Waals surface area contributed by atoms with E-state index >= 15 is 0 Å². The summed E-state index contributed by atoms with van der Waals surface area (Å²) in [6.45, 7) is 10.1. The average molecular weight is 398 g/mol. The number of carbonyl (C=O) groups excluding carboxylic acids is 1. The van der Waals surface area contributed by atoms with Gasteiger partial charge < -0.3 is 10.1 Å². The van der Waals surface area contributed by atoms with Gasteiger partial charge >= 0.3 is 0 Å². The summed E-state index contributed by atoms with van der Waals surface area (Å²) in [5, 5.41) is 2.90. The molecule has 1 aromatic carbocycles. The molecule has 1 atom stereocenters. The van der Waals surface area contributed by atoms with Crippen LogP contribution in [-0.4, -0.2) is 70.9 Å². The third kappa shape index (κ3) is 5.92. The molecule has 1 saturated heterocycles. The Morgan fingerprint density at radius 3 is 2.48 bits per heavy atom. The first-order valence-corrected chi connectivity index (χ1v) is 11.2. The van der Waals surface area contributed by atoms with Gasteiger partial charge in [-0.1, -0.05) is 13.0 Å². The zero-order valence-electron chi connectivity index (χ0n) is 16.7. The van der Waals surface area contributed by atoms with Crippen molar-refractivity contribution in [3.63, 3.8) is 0 Å². The summed E-state index contributed by atoms with van der Waals surface area (Å²) in [6.07, 6.45) is 1.54. The average Bonchev–Trinajstić information content (AvgIpc) is 2.62. The van der Waals surface area contributed by atoms with E-state index in [0.29, 0.717) is 31.9 Å². The van der Waals surface area contributed by atoms with Crippen LogP contribution in [0.25, 0.3) is 0 Å². The molecule has 1 aromatic rings. The second-order valence-electron chi connectivity index (χ2n) is 7.00. The van der Waals surface area contributed by atoms with Gasteiger partial charge in [0.2, 0.25) is 15.9 Å². The van der Waals surface area contributed by atoms with Gasteiger partial charge in [0.25, 0.3) is 0 Å². The van der Waals surface area contributed by atoms with Crippen molar-refractivity contribution in [2.45, 2.75) is 33.2 Å². The van der Waals surface area contributed by atoms with E-state index in [4.69, 9.17) is 4.74 Å². The van der Waals surface area contributed by atoms with Crippen LogP contribution in [0.1, 0.15) is 24.5 Å². The molecule has 1 heterocycles. The Kier molecular flexibility index (Phi) is 7.64. The Bertz CT molecular complexity index is 745. The lowest BCUT2D eigenvalue weighted by Gasteiger charge is -2.31. The highest BCUT2D eigenvalue weighted by Gasteiger charge is 2.31. The van der Waals surface area contributed by atoms with Crippen molar-refractivity contribution >= 4 is 21.6 Å². The molecule has 1 aliphatic heterocycles. The van der Waals surface area contributed by atoms with Crippen LogP contribution >= 0.6 is 0 Å². The Balaban J connectivity index is 2.11. The minimum Gasteiger partial charge on any atom is -0.379 e. The summed E-state index contributed by atoms with van der Waals surface area (Å²) in [4.78, 5) is 15.0. The van der Waals surface area contributed by atoms with E-state index in [1.54, 1.807) is 6.07 Å². The molecule has 1 amide bonds. The maximum absolute atomic E-state index is 12.8. The number of carbonyl (C=O) groups is 1. The van der Waals surface area contributed by atoms with E-state index in [0.717, 1.165) is 37.0 Å². The van der Waals surface area contributed by atoms with Crippen LogP contribution in [0, 0.1) is 13.8 Å². The Hall–Kier alpha value is -1.64. The van der Waals surface area contributed by atoms with Gasteiger partial charge in [0.15, 0.2) is 0 Å². The fraction of sp³-hybridized carbons (Fsp3) is 0.632. The lowest BCUT2D eigenvalue weighted by atomic mass is 10.1. The quantitative estimate of drug-likeness (QED) is 0.715. The predicted molar refractivity (Wildman–Crippen MR) is 108 cm³/mol. The molecule has 0 spiro atoms. The molecule has 8 heteroatoms. The first kappa shape index (κ1) is 21.7. The Labute approximate surface area is 162 Å². The molecule has 0 saturated carbocycles. The number of rotatable bonds is 8. The van der Waals surface area contributed by atoms with Crippen LogP contribution in [-0.2, 0) is 19.6 Å². The molecule has 7 nitrogen and oxygen atoms in total. The molecule has 2 rings (SSSR count). The number of aryl methyl sites for hydroxylation is 2. The number of anilines is 1. The van der Waals surface area contributed by atoms with Crippen LogP contribution in [0.3, 0.4) is 0 Å². The number of nitrogens with zero attached hydrogens (tertiary/aromatic N) is 2. The molecule has 1 N–H and O–H groups in total. The summed E-state index contributed by atoms with van der Waals surface area (Å²) in [5.74, 6) is -0.269. The van der Waals surface area contributed by atoms with E-state index in [9.17, 15) is 13.2 Å². The van der Waals surface area contributed by atoms with Crippen LogP contribution in [0.4, 0.5) is 5.69 Å². The highest BCUT2D eigenvalue weighted by molar-refractivity contribution is 7.92. The van der Waals surface area contributed by atoms with Gasteiger partial charge in [-0.15, -0.1) is 0 Å². The number of hydrogen-bond donors (Lipinski definition) is 1. The zero-order valence-corrected chi connectivity index (χ0v) is 17.5. The topological polar surface area (TPSA) is 79.0 Å². The largest absolute Gasteiger partial charge is 0.379 e. The number of benzene rings is 1. The molecule has 1 fully saturated rings. The Morgan fingerprint density at radius 2 is 1.93 bits per heavy atom. The van der Waals surface area contributed by atoms with E-state index in [-0.39, 0.29) is 5.91 Å². The maximum atomic E-state index is 12.8. The van der Waals surface area contributed by atoms with Crippen LogP contribution in [0.5, 0.6) is 0 Å². The van der Waals surface area contributed by atoms with Crippen molar-refractivity contribution in [3.8, 4) is 0 Å². The van der Waals surface area contributed by atoms with E-state index in [2.05, 4.69) is 10.2 Å². The van der Waals surface area contributed by atoms with Crippen molar-refractivity contribution < 1.29 is 17.9 Å². The van der Waals surface area contributed by atoms with E-state index < -0.39 is 16.1 Å². The summed E-state index contributed by atoms with van der Waals surface area (Å²) in [7, 11) is -3.60. The zero-order chi connectivity index (χ0) is 20.0. The molecule has 152 valence electrons. The number of ether oxygens (including phenoxy) is 1. The minimum absolute atomic E-state index is 0.269.